The minimum absolute atomic E-state index is 0.491. The molecule has 1 fully saturated rings. The lowest BCUT2D eigenvalue weighted by atomic mass is 10.2. The maximum absolute atomic E-state index is 5.22. The van der Waals surface area contributed by atoms with Gasteiger partial charge in [-0.05, 0) is 25.5 Å². The van der Waals surface area contributed by atoms with Crippen LogP contribution in [-0.4, -0.2) is 49.0 Å². The van der Waals surface area contributed by atoms with Crippen molar-refractivity contribution < 1.29 is 4.74 Å². The molecule has 0 spiro atoms. The Balaban J connectivity index is 2.41. The van der Waals surface area contributed by atoms with Crippen LogP contribution in [0, 0.1) is 0 Å². The lowest BCUT2D eigenvalue weighted by Crippen LogP contribution is -2.29. The third kappa shape index (κ3) is 4.34. The van der Waals surface area contributed by atoms with E-state index in [1.165, 1.54) is 25.7 Å². The van der Waals surface area contributed by atoms with Gasteiger partial charge in [0.25, 0.3) is 0 Å². The minimum Gasteiger partial charge on any atom is -0.382 e. The van der Waals surface area contributed by atoms with Crippen molar-refractivity contribution in [3.63, 3.8) is 0 Å². The first kappa shape index (κ1) is 13.8. The van der Waals surface area contributed by atoms with E-state index in [1.807, 2.05) is 11.8 Å². The Bertz CT molecular complexity index is 211. The quantitative estimate of drug-likeness (QED) is 0.644. The number of ether oxygens (including phenoxy) is 1. The highest BCUT2D eigenvalue weighted by atomic mass is 32.2. The maximum atomic E-state index is 5.22. The average molecular weight is 244 g/mol. The van der Waals surface area contributed by atoms with Crippen LogP contribution in [0.25, 0.3) is 0 Å². The first-order valence-electron chi connectivity index (χ1n) is 6.14. The highest BCUT2D eigenvalue weighted by molar-refractivity contribution is 7.99. The molecule has 0 aromatic rings. The third-order valence-corrected chi connectivity index (χ3v) is 3.93. The van der Waals surface area contributed by atoms with E-state index in [2.05, 4.69) is 29.5 Å². The van der Waals surface area contributed by atoms with Crippen molar-refractivity contribution in [2.24, 2.45) is 5.10 Å². The second-order valence-corrected chi connectivity index (χ2v) is 5.32. The topological polar surface area (TPSA) is 24.8 Å². The Morgan fingerprint density at radius 2 is 2.44 bits per heavy atom. The summed E-state index contributed by atoms with van der Waals surface area (Å²) in [5, 5.41) is 7.38. The number of hydrogen-bond donors (Lipinski definition) is 0. The predicted molar refractivity (Wildman–Crippen MR) is 72.3 cm³/mol. The fourth-order valence-electron chi connectivity index (χ4n) is 2.03. The van der Waals surface area contributed by atoms with Gasteiger partial charge in [-0.3, -0.25) is 5.01 Å². The van der Waals surface area contributed by atoms with Crippen LogP contribution in [0.4, 0.5) is 0 Å². The van der Waals surface area contributed by atoms with Crippen LogP contribution in [0.3, 0.4) is 0 Å². The van der Waals surface area contributed by atoms with Crippen molar-refractivity contribution in [3.8, 4) is 0 Å². The Morgan fingerprint density at radius 3 is 3.06 bits per heavy atom. The zero-order valence-corrected chi connectivity index (χ0v) is 11.5. The molecule has 1 aliphatic rings. The van der Waals surface area contributed by atoms with Gasteiger partial charge >= 0.3 is 0 Å². The van der Waals surface area contributed by atoms with Crippen LogP contribution in [0.2, 0.25) is 0 Å². The summed E-state index contributed by atoms with van der Waals surface area (Å²) >= 11 is 1.89. The summed E-state index contributed by atoms with van der Waals surface area (Å²) in [5.41, 5.74) is 0. The molecule has 0 saturated carbocycles. The third-order valence-electron chi connectivity index (χ3n) is 2.96. The lowest BCUT2D eigenvalue weighted by molar-refractivity contribution is 0.118. The molecule has 1 saturated heterocycles. The number of hydrogen-bond acceptors (Lipinski definition) is 4. The predicted octanol–water partition coefficient (Wildman–Crippen LogP) is 2.61. The van der Waals surface area contributed by atoms with E-state index in [0.29, 0.717) is 11.3 Å². The van der Waals surface area contributed by atoms with Gasteiger partial charge in [0.15, 0.2) is 0 Å². The Morgan fingerprint density at radius 1 is 1.62 bits per heavy atom. The first-order chi connectivity index (χ1) is 7.81. The number of rotatable bonds is 7. The summed E-state index contributed by atoms with van der Waals surface area (Å²) in [6, 6.07) is 0.491. The van der Waals surface area contributed by atoms with Gasteiger partial charge in [-0.15, -0.1) is 0 Å². The molecule has 0 amide bonds. The monoisotopic (exact) mass is 244 g/mol. The summed E-state index contributed by atoms with van der Waals surface area (Å²) in [6.45, 7) is 4.10. The second kappa shape index (κ2) is 7.96. The molecule has 0 radical (unpaired) electrons. The van der Waals surface area contributed by atoms with E-state index < -0.39 is 0 Å². The molecule has 0 unspecified atom stereocenters. The van der Waals surface area contributed by atoms with Gasteiger partial charge in [0.2, 0.25) is 0 Å². The van der Waals surface area contributed by atoms with Crippen molar-refractivity contribution in [3.05, 3.63) is 0 Å². The van der Waals surface area contributed by atoms with Crippen molar-refractivity contribution in [1.82, 2.24) is 5.01 Å². The number of thioether (sulfide) groups is 1. The average Bonchev–Trinajstić information content (AvgIpc) is 2.72. The lowest BCUT2D eigenvalue weighted by Gasteiger charge is -2.21. The van der Waals surface area contributed by atoms with Crippen molar-refractivity contribution in [2.75, 3.05) is 26.5 Å². The largest absolute Gasteiger partial charge is 0.382 e. The molecule has 0 N–H and O–H groups in total. The summed E-state index contributed by atoms with van der Waals surface area (Å²) in [4.78, 5) is 0. The molecule has 1 rings (SSSR count). The summed E-state index contributed by atoms with van der Waals surface area (Å²) in [6.07, 6.45) is 9.16. The Hall–Kier alpha value is -0.220. The fraction of sp³-hybridized carbons (Fsp3) is 0.917. The van der Waals surface area contributed by atoms with Crippen LogP contribution < -0.4 is 0 Å². The van der Waals surface area contributed by atoms with Crippen molar-refractivity contribution >= 4 is 18.0 Å². The molecular weight excluding hydrogens is 220 g/mol. The molecule has 16 heavy (non-hydrogen) atoms. The van der Waals surface area contributed by atoms with Crippen LogP contribution in [0.15, 0.2) is 5.10 Å². The number of methoxy groups -OCH3 is 1. The second-order valence-electron chi connectivity index (χ2n) is 4.24. The van der Waals surface area contributed by atoms with Gasteiger partial charge < -0.3 is 4.74 Å². The highest BCUT2D eigenvalue weighted by Gasteiger charge is 2.22. The van der Waals surface area contributed by atoms with Gasteiger partial charge in [-0.2, -0.15) is 16.9 Å². The molecule has 3 nitrogen and oxygen atoms in total. The molecule has 1 heterocycles. The summed E-state index contributed by atoms with van der Waals surface area (Å²) in [5.74, 6) is 0. The maximum Gasteiger partial charge on any atom is 0.0704 e. The molecule has 2 atom stereocenters. The fourth-order valence-corrected chi connectivity index (χ4v) is 2.68. The van der Waals surface area contributed by atoms with Crippen molar-refractivity contribution in [1.29, 1.82) is 0 Å². The minimum atomic E-state index is 0.491. The van der Waals surface area contributed by atoms with Crippen LogP contribution >= 0.6 is 11.8 Å². The molecule has 94 valence electrons. The number of nitrogens with zero attached hydrogens (tertiary/aromatic N) is 2. The SMILES string of the molecule is CCC[C@H](/C=N/N1CCC[C@H]1COC)SC. The first-order valence-corrected chi connectivity index (χ1v) is 7.43. The molecule has 0 bridgehead atoms. The zero-order valence-electron chi connectivity index (χ0n) is 10.7. The van der Waals surface area contributed by atoms with Gasteiger partial charge in [-0.25, -0.2) is 0 Å². The van der Waals surface area contributed by atoms with E-state index in [9.17, 15) is 0 Å². The van der Waals surface area contributed by atoms with Crippen LogP contribution in [-0.2, 0) is 4.74 Å². The van der Waals surface area contributed by atoms with Crippen molar-refractivity contribution in [2.45, 2.75) is 43.9 Å². The van der Waals surface area contributed by atoms with E-state index in [0.717, 1.165) is 13.2 Å². The molecule has 0 aromatic heterocycles. The van der Waals surface area contributed by atoms with Gasteiger partial charge in [0, 0.05) is 25.1 Å². The molecular formula is C12H24N2OS. The molecule has 4 heteroatoms. The van der Waals surface area contributed by atoms with E-state index >= 15 is 0 Å². The summed E-state index contributed by atoms with van der Waals surface area (Å²) < 4.78 is 5.22. The summed E-state index contributed by atoms with van der Waals surface area (Å²) in [7, 11) is 1.77. The van der Waals surface area contributed by atoms with Gasteiger partial charge in [-0.1, -0.05) is 13.3 Å². The Labute approximate surface area is 104 Å². The molecule has 0 aliphatic carbocycles. The molecule has 0 aromatic carbocycles. The van der Waals surface area contributed by atoms with Crippen LogP contribution in [0.1, 0.15) is 32.6 Å². The van der Waals surface area contributed by atoms with E-state index in [-0.39, 0.29) is 0 Å². The standard InChI is InChI=1S/C12H24N2OS/c1-4-6-12(16-3)9-13-14-8-5-7-11(14)10-15-2/h9,11-12H,4-8,10H2,1-3H3/b13-9+/t11-,12+/m0/s1. The van der Waals surface area contributed by atoms with E-state index in [4.69, 9.17) is 4.74 Å². The zero-order chi connectivity index (χ0) is 11.8. The molecule has 1 aliphatic heterocycles. The Kier molecular flexibility index (Phi) is 6.88. The highest BCUT2D eigenvalue weighted by Crippen LogP contribution is 2.18. The smallest absolute Gasteiger partial charge is 0.0704 e. The van der Waals surface area contributed by atoms with Gasteiger partial charge in [0.1, 0.15) is 0 Å². The van der Waals surface area contributed by atoms with Crippen LogP contribution in [0.5, 0.6) is 0 Å². The number of hydrazone groups is 1. The normalized spacial score (nSPS) is 23.2. The van der Waals surface area contributed by atoms with Gasteiger partial charge in [0.05, 0.1) is 12.6 Å². The van der Waals surface area contributed by atoms with E-state index in [1.54, 1.807) is 7.11 Å².